The van der Waals surface area contributed by atoms with Gasteiger partial charge in [0.1, 0.15) is 0 Å². The Labute approximate surface area is 144 Å². The second-order valence-electron chi connectivity index (χ2n) is 4.91. The number of amides is 2. The van der Waals surface area contributed by atoms with Crippen molar-refractivity contribution in [1.29, 1.82) is 0 Å². The van der Waals surface area contributed by atoms with Crippen molar-refractivity contribution in [1.82, 2.24) is 0 Å². The lowest BCUT2D eigenvalue weighted by Gasteiger charge is -2.12. The average molecular weight is 349 g/mol. The standard InChI is InChI=1S/C17H17ClN2O4/c1-10(21)19-12-5-4-6-13(9-12)20-17(22)11-7-14(18)16(24-3)15(8-11)23-2/h4-9H,1-3H3,(H,19,21)(H,20,22). The summed E-state index contributed by atoms with van der Waals surface area (Å²) in [6.45, 7) is 1.41. The van der Waals surface area contributed by atoms with Crippen LogP contribution in [0.4, 0.5) is 11.4 Å². The van der Waals surface area contributed by atoms with Crippen molar-refractivity contribution in [2.24, 2.45) is 0 Å². The molecule has 0 unspecified atom stereocenters. The van der Waals surface area contributed by atoms with E-state index in [4.69, 9.17) is 21.1 Å². The molecule has 0 fully saturated rings. The minimum atomic E-state index is -0.363. The van der Waals surface area contributed by atoms with Gasteiger partial charge in [-0.25, -0.2) is 0 Å². The van der Waals surface area contributed by atoms with Gasteiger partial charge >= 0.3 is 0 Å². The summed E-state index contributed by atoms with van der Waals surface area (Å²) in [6, 6.07) is 9.85. The van der Waals surface area contributed by atoms with E-state index < -0.39 is 0 Å². The molecule has 0 aliphatic carbocycles. The van der Waals surface area contributed by atoms with Gasteiger partial charge in [0, 0.05) is 23.9 Å². The third kappa shape index (κ3) is 4.17. The molecule has 2 N–H and O–H groups in total. The number of ether oxygens (including phenoxy) is 2. The fraction of sp³-hybridized carbons (Fsp3) is 0.176. The van der Waals surface area contributed by atoms with E-state index in [1.54, 1.807) is 24.3 Å². The van der Waals surface area contributed by atoms with E-state index in [2.05, 4.69) is 10.6 Å². The second kappa shape index (κ2) is 7.70. The fourth-order valence-corrected chi connectivity index (χ4v) is 2.42. The molecule has 7 heteroatoms. The van der Waals surface area contributed by atoms with Gasteiger partial charge in [-0.05, 0) is 30.3 Å². The van der Waals surface area contributed by atoms with Crippen LogP contribution in [0.2, 0.25) is 5.02 Å². The van der Waals surface area contributed by atoms with E-state index in [0.717, 1.165) is 0 Å². The predicted molar refractivity (Wildman–Crippen MR) is 93.3 cm³/mol. The van der Waals surface area contributed by atoms with Crippen molar-refractivity contribution in [2.45, 2.75) is 6.92 Å². The molecule has 0 spiro atoms. The number of hydrogen-bond donors (Lipinski definition) is 2. The zero-order valence-electron chi connectivity index (χ0n) is 13.5. The van der Waals surface area contributed by atoms with Gasteiger partial charge in [-0.15, -0.1) is 0 Å². The van der Waals surface area contributed by atoms with Crippen LogP contribution in [0.1, 0.15) is 17.3 Å². The minimum Gasteiger partial charge on any atom is -0.493 e. The van der Waals surface area contributed by atoms with Crippen LogP contribution < -0.4 is 20.1 Å². The molecule has 0 aliphatic rings. The average Bonchev–Trinajstić information content (AvgIpc) is 2.53. The van der Waals surface area contributed by atoms with E-state index in [1.165, 1.54) is 33.3 Å². The maximum absolute atomic E-state index is 12.4. The molecule has 0 heterocycles. The minimum absolute atomic E-state index is 0.190. The molecule has 24 heavy (non-hydrogen) atoms. The first kappa shape index (κ1) is 17.6. The van der Waals surface area contributed by atoms with Crippen LogP contribution in [0.3, 0.4) is 0 Å². The monoisotopic (exact) mass is 348 g/mol. The summed E-state index contributed by atoms with van der Waals surface area (Å²) in [5.41, 5.74) is 1.45. The van der Waals surface area contributed by atoms with Crippen molar-refractivity contribution in [3.8, 4) is 11.5 Å². The first-order valence-corrected chi connectivity index (χ1v) is 7.43. The van der Waals surface area contributed by atoms with Crippen LogP contribution in [0.5, 0.6) is 11.5 Å². The smallest absolute Gasteiger partial charge is 0.255 e. The lowest BCUT2D eigenvalue weighted by Crippen LogP contribution is -2.13. The number of anilines is 2. The third-order valence-corrected chi connectivity index (χ3v) is 3.42. The normalized spacial score (nSPS) is 10.0. The molecule has 6 nitrogen and oxygen atoms in total. The summed E-state index contributed by atoms with van der Waals surface area (Å²) in [4.78, 5) is 23.5. The van der Waals surface area contributed by atoms with Gasteiger partial charge in [0.25, 0.3) is 5.91 Å². The zero-order valence-corrected chi connectivity index (χ0v) is 14.2. The molecule has 0 atom stereocenters. The number of carbonyl (C=O) groups excluding carboxylic acids is 2. The maximum Gasteiger partial charge on any atom is 0.255 e. The number of methoxy groups -OCH3 is 2. The third-order valence-electron chi connectivity index (χ3n) is 3.14. The first-order valence-electron chi connectivity index (χ1n) is 7.05. The van der Waals surface area contributed by atoms with E-state index in [9.17, 15) is 9.59 Å². The van der Waals surface area contributed by atoms with Gasteiger partial charge in [-0.3, -0.25) is 9.59 Å². The van der Waals surface area contributed by atoms with Gasteiger partial charge in [-0.2, -0.15) is 0 Å². The summed E-state index contributed by atoms with van der Waals surface area (Å²) in [5, 5.41) is 5.67. The number of halogens is 1. The number of rotatable bonds is 5. The summed E-state index contributed by atoms with van der Waals surface area (Å²) >= 11 is 6.11. The van der Waals surface area contributed by atoms with Crippen molar-refractivity contribution in [3.05, 3.63) is 47.0 Å². The molecule has 126 valence electrons. The second-order valence-corrected chi connectivity index (χ2v) is 5.32. The van der Waals surface area contributed by atoms with E-state index in [1.807, 2.05) is 0 Å². The lowest BCUT2D eigenvalue weighted by molar-refractivity contribution is -0.114. The van der Waals surface area contributed by atoms with Crippen molar-refractivity contribution in [3.63, 3.8) is 0 Å². The van der Waals surface area contributed by atoms with Crippen LogP contribution in [-0.4, -0.2) is 26.0 Å². The molecule has 0 radical (unpaired) electrons. The van der Waals surface area contributed by atoms with E-state index >= 15 is 0 Å². The molecular formula is C17H17ClN2O4. The van der Waals surface area contributed by atoms with Gasteiger partial charge in [0.15, 0.2) is 11.5 Å². The highest BCUT2D eigenvalue weighted by molar-refractivity contribution is 6.32. The van der Waals surface area contributed by atoms with Gasteiger partial charge in [0.2, 0.25) is 5.91 Å². The Morgan fingerprint density at radius 2 is 1.67 bits per heavy atom. The fourth-order valence-electron chi connectivity index (χ4n) is 2.13. The number of hydrogen-bond acceptors (Lipinski definition) is 4. The van der Waals surface area contributed by atoms with Crippen molar-refractivity contribution >= 4 is 34.8 Å². The molecule has 2 aromatic carbocycles. The predicted octanol–water partition coefficient (Wildman–Crippen LogP) is 3.57. The summed E-state index contributed by atoms with van der Waals surface area (Å²) < 4.78 is 10.3. The largest absolute Gasteiger partial charge is 0.493 e. The molecule has 0 aliphatic heterocycles. The summed E-state index contributed by atoms with van der Waals surface area (Å²) in [7, 11) is 2.93. The van der Waals surface area contributed by atoms with Crippen LogP contribution in [0.25, 0.3) is 0 Å². The summed E-state index contributed by atoms with van der Waals surface area (Å²) in [5.74, 6) is 0.175. The van der Waals surface area contributed by atoms with Crippen LogP contribution in [-0.2, 0) is 4.79 Å². The summed E-state index contributed by atoms with van der Waals surface area (Å²) in [6.07, 6.45) is 0. The SMILES string of the molecule is COc1cc(C(=O)Nc2cccc(NC(C)=O)c2)cc(Cl)c1OC. The molecule has 0 saturated heterocycles. The Morgan fingerprint density at radius 1 is 1.00 bits per heavy atom. The first-order chi connectivity index (χ1) is 11.4. The molecule has 2 aromatic rings. The highest BCUT2D eigenvalue weighted by Crippen LogP contribution is 2.36. The molecule has 2 amide bonds. The Bertz CT molecular complexity index is 777. The quantitative estimate of drug-likeness (QED) is 0.866. The topological polar surface area (TPSA) is 76.7 Å². The maximum atomic E-state index is 12.4. The molecule has 0 bridgehead atoms. The van der Waals surface area contributed by atoms with Crippen LogP contribution >= 0.6 is 11.6 Å². The molecular weight excluding hydrogens is 332 g/mol. The van der Waals surface area contributed by atoms with E-state index in [-0.39, 0.29) is 16.8 Å². The zero-order chi connectivity index (χ0) is 17.7. The number of benzene rings is 2. The van der Waals surface area contributed by atoms with Crippen LogP contribution in [0, 0.1) is 0 Å². The number of nitrogens with one attached hydrogen (secondary N) is 2. The van der Waals surface area contributed by atoms with Crippen LogP contribution in [0.15, 0.2) is 36.4 Å². The molecule has 2 rings (SSSR count). The molecule has 0 saturated carbocycles. The van der Waals surface area contributed by atoms with Gasteiger partial charge in [0.05, 0.1) is 19.2 Å². The Hall–Kier alpha value is -2.73. The Morgan fingerprint density at radius 3 is 2.25 bits per heavy atom. The highest BCUT2D eigenvalue weighted by atomic mass is 35.5. The van der Waals surface area contributed by atoms with Crippen molar-refractivity contribution in [2.75, 3.05) is 24.9 Å². The molecule has 0 aromatic heterocycles. The van der Waals surface area contributed by atoms with Gasteiger partial charge in [-0.1, -0.05) is 17.7 Å². The Balaban J connectivity index is 2.24. The van der Waals surface area contributed by atoms with E-state index in [0.29, 0.717) is 28.4 Å². The highest BCUT2D eigenvalue weighted by Gasteiger charge is 2.15. The Kier molecular flexibility index (Phi) is 5.65. The van der Waals surface area contributed by atoms with Gasteiger partial charge < -0.3 is 20.1 Å². The number of carbonyl (C=O) groups is 2. The lowest BCUT2D eigenvalue weighted by atomic mass is 10.1. The van der Waals surface area contributed by atoms with Crippen molar-refractivity contribution < 1.29 is 19.1 Å².